The average Bonchev–Trinajstić information content (AvgIpc) is 3.54. The van der Waals surface area contributed by atoms with E-state index in [0.717, 1.165) is 89.0 Å². The standard InChI is InChI=1S/C20H30N6O3Si.C20H32N4O4Si.C16H16N6O3/c1-25-7-5-15(6-8-25)29-17-11-21-19-18(23-17)16(20-24-22-13-28-20)12-26(19)14-27-9-10-30(2,3)4;1-23-8-6-15(7-9-23)28-17-12-21-19-18(22-17)16(20(25)26-2)13-24(19)14-27-10-11-29(3,4)5;1-2-13(23)22-5-3-10(4-6-22)25-12-8-18-15-14(20-12)11(7-17-15)16-21-19-9-24-16/h11-13,15H,5-10,14H2,1-4H3;12-13,15H,6-11,14H2,1-5H3;2,7-10H,1,3-6H2,(H,17,18). The molecule has 1 N–H and O–H groups in total. The fourth-order valence-electron chi connectivity index (χ4n) is 9.60. The van der Waals surface area contributed by atoms with Crippen LogP contribution < -0.4 is 14.2 Å². The van der Waals surface area contributed by atoms with Crippen molar-refractivity contribution in [1.82, 2.24) is 79.1 Å². The number of nitrogens with zero attached hydrogens (tertiary/aromatic N) is 15. The molecule has 3 saturated heterocycles. The molecule has 0 atom stereocenters. The first-order chi connectivity index (χ1) is 40.4. The van der Waals surface area contributed by atoms with Crippen molar-refractivity contribution in [3.8, 4) is 40.5 Å². The highest BCUT2D eigenvalue weighted by Gasteiger charge is 2.27. The van der Waals surface area contributed by atoms with E-state index in [1.54, 1.807) is 40.5 Å². The van der Waals surface area contributed by atoms with E-state index < -0.39 is 22.1 Å². The number of amides is 1. The molecule has 0 aromatic carbocycles. The molecule has 3 aliphatic heterocycles. The zero-order valence-electron chi connectivity index (χ0n) is 49.7. The maximum Gasteiger partial charge on any atom is 0.341 e. The van der Waals surface area contributed by atoms with Crippen molar-refractivity contribution in [2.24, 2.45) is 0 Å². The lowest BCUT2D eigenvalue weighted by atomic mass is 10.1. The highest BCUT2D eigenvalue weighted by atomic mass is 28.3. The third-order valence-electron chi connectivity index (χ3n) is 14.6. The second-order valence-corrected chi connectivity index (χ2v) is 34.9. The molecule has 0 saturated carbocycles. The van der Waals surface area contributed by atoms with Gasteiger partial charge in [-0.2, -0.15) is 0 Å². The van der Waals surface area contributed by atoms with E-state index in [0.29, 0.717) is 107 Å². The minimum absolute atomic E-state index is 0.00795. The van der Waals surface area contributed by atoms with Crippen molar-refractivity contribution in [3.05, 3.63) is 68.2 Å². The SMILES string of the molecule is C=CC(=O)N1CCC(Oc2cnc3[nH]cc(-c4nnco4)c3n2)CC1.CN1CCC(Oc2cnc3c(n2)c(-c2nnco2)cn3COCC[Si](C)(C)C)CC1.COC(=O)c1cn(COCC[Si](C)(C)C)c2ncc(OC3CCN(C)CC3)nc12. The molecule has 11 rings (SSSR count). The van der Waals surface area contributed by atoms with E-state index in [9.17, 15) is 9.59 Å². The molecule has 8 aromatic rings. The van der Waals surface area contributed by atoms with Gasteiger partial charge in [0.1, 0.15) is 53.9 Å². The number of carbonyl (C=O) groups excluding carboxylic acids is 2. The van der Waals surface area contributed by atoms with E-state index >= 15 is 0 Å². The van der Waals surface area contributed by atoms with E-state index in [2.05, 4.69) is 120 Å². The summed E-state index contributed by atoms with van der Waals surface area (Å²) in [6.45, 7) is 25.0. The van der Waals surface area contributed by atoms with Crippen LogP contribution in [0.4, 0.5) is 0 Å². The lowest BCUT2D eigenvalue weighted by Gasteiger charge is -2.31. The van der Waals surface area contributed by atoms with Crippen LogP contribution in [0.25, 0.3) is 56.4 Å². The summed E-state index contributed by atoms with van der Waals surface area (Å²) in [5, 5.41) is 15.4. The molecule has 450 valence electrons. The molecule has 28 heteroatoms. The Labute approximate surface area is 489 Å². The molecule has 1 amide bonds. The number of aromatic amines is 1. The van der Waals surface area contributed by atoms with E-state index in [1.807, 2.05) is 10.8 Å². The highest BCUT2D eigenvalue weighted by Crippen LogP contribution is 2.31. The zero-order chi connectivity index (χ0) is 59.4. The van der Waals surface area contributed by atoms with Crippen LogP contribution in [0.5, 0.6) is 17.6 Å². The topological polar surface area (TPSA) is 280 Å². The molecule has 3 fully saturated rings. The normalized spacial score (nSPS) is 16.1. The maximum absolute atomic E-state index is 12.3. The smallest absolute Gasteiger partial charge is 0.341 e. The number of carbonyl (C=O) groups is 2. The fourth-order valence-corrected chi connectivity index (χ4v) is 11.1. The number of fused-ring (bicyclic) bond motifs is 3. The van der Waals surface area contributed by atoms with Crippen molar-refractivity contribution in [1.29, 1.82) is 0 Å². The highest BCUT2D eigenvalue weighted by molar-refractivity contribution is 6.76. The fraction of sp³-hybridized carbons (Fsp3) is 0.536. The molecule has 0 spiro atoms. The second-order valence-electron chi connectivity index (χ2n) is 23.7. The van der Waals surface area contributed by atoms with Gasteiger partial charge in [0.05, 0.1) is 36.8 Å². The number of H-pyrrole nitrogens is 1. The van der Waals surface area contributed by atoms with Crippen LogP contribution in [0, 0.1) is 0 Å². The Morgan fingerprint density at radius 1 is 0.643 bits per heavy atom. The van der Waals surface area contributed by atoms with Gasteiger partial charge in [-0.3, -0.25) is 4.79 Å². The Hall–Kier alpha value is -7.51. The molecule has 26 nitrogen and oxygen atoms in total. The number of hydrogen-bond donors (Lipinski definition) is 1. The van der Waals surface area contributed by atoms with Gasteiger partial charge >= 0.3 is 5.97 Å². The summed E-state index contributed by atoms with van der Waals surface area (Å²) in [7, 11) is 3.31. The number of esters is 1. The van der Waals surface area contributed by atoms with Crippen LogP contribution in [0.3, 0.4) is 0 Å². The third kappa shape index (κ3) is 16.4. The second kappa shape index (κ2) is 27.9. The van der Waals surface area contributed by atoms with Crippen molar-refractivity contribution in [3.63, 3.8) is 0 Å². The lowest BCUT2D eigenvalue weighted by Crippen LogP contribution is -2.41. The van der Waals surface area contributed by atoms with Crippen LogP contribution in [0.1, 0.15) is 48.9 Å². The molecule has 11 heterocycles. The number of hydrogen-bond acceptors (Lipinski definition) is 22. The van der Waals surface area contributed by atoms with Crippen molar-refractivity contribution in [2.75, 3.05) is 73.7 Å². The molecular weight excluding hydrogens is 1110 g/mol. The number of likely N-dealkylation sites (tertiary alicyclic amines) is 3. The molecule has 84 heavy (non-hydrogen) atoms. The summed E-state index contributed by atoms with van der Waals surface area (Å²) in [4.78, 5) is 60.5. The number of ether oxygens (including phenoxy) is 6. The lowest BCUT2D eigenvalue weighted by molar-refractivity contribution is -0.127. The van der Waals surface area contributed by atoms with E-state index in [1.165, 1.54) is 26.0 Å². The minimum Gasteiger partial charge on any atom is -0.473 e. The number of nitrogens with one attached hydrogen (secondary N) is 1. The largest absolute Gasteiger partial charge is 0.473 e. The van der Waals surface area contributed by atoms with E-state index in [-0.39, 0.29) is 24.2 Å². The molecule has 3 aliphatic rings. The van der Waals surface area contributed by atoms with Crippen LogP contribution in [-0.2, 0) is 32.5 Å². The third-order valence-corrected chi connectivity index (χ3v) is 18.0. The molecule has 0 radical (unpaired) electrons. The van der Waals surface area contributed by atoms with Gasteiger partial charge in [-0.1, -0.05) is 45.9 Å². The monoisotopic (exact) mass is 1190 g/mol. The molecule has 8 aromatic heterocycles. The van der Waals surface area contributed by atoms with Gasteiger partial charge in [0.2, 0.25) is 36.3 Å². The van der Waals surface area contributed by atoms with Crippen molar-refractivity contribution >= 4 is 61.5 Å². The maximum atomic E-state index is 12.3. The summed E-state index contributed by atoms with van der Waals surface area (Å²) in [6, 6.07) is 2.19. The number of methoxy groups -OCH3 is 1. The predicted octanol–water partition coefficient (Wildman–Crippen LogP) is 7.83. The zero-order valence-corrected chi connectivity index (χ0v) is 51.7. The molecule has 0 bridgehead atoms. The summed E-state index contributed by atoms with van der Waals surface area (Å²) >= 11 is 0. The van der Waals surface area contributed by atoms with Crippen molar-refractivity contribution < 1.29 is 46.8 Å². The minimum atomic E-state index is -1.16. The van der Waals surface area contributed by atoms with Gasteiger partial charge in [0.25, 0.3) is 11.8 Å². The van der Waals surface area contributed by atoms with Gasteiger partial charge in [-0.05, 0) is 57.9 Å². The average molecular weight is 1190 g/mol. The van der Waals surface area contributed by atoms with Gasteiger partial charge in [0, 0.05) is 100 Å². The Morgan fingerprint density at radius 2 is 1.11 bits per heavy atom. The molecular formula is C56H78N16O10Si2. The van der Waals surface area contributed by atoms with Gasteiger partial charge < -0.3 is 66.1 Å². The Balaban J connectivity index is 0.000000152. The summed E-state index contributed by atoms with van der Waals surface area (Å²) < 4.78 is 49.2. The summed E-state index contributed by atoms with van der Waals surface area (Å²) in [5.41, 5.74) is 5.48. The first kappa shape index (κ1) is 61.1. The summed E-state index contributed by atoms with van der Waals surface area (Å²) in [5.74, 6) is 1.68. The van der Waals surface area contributed by atoms with Crippen LogP contribution in [0.2, 0.25) is 51.4 Å². The summed E-state index contributed by atoms with van der Waals surface area (Å²) in [6.07, 6.45) is 19.8. The Morgan fingerprint density at radius 3 is 1.60 bits per heavy atom. The first-order valence-corrected chi connectivity index (χ1v) is 35.9. The number of aromatic nitrogens is 13. The quantitative estimate of drug-likeness (QED) is 0.0329. The van der Waals surface area contributed by atoms with Gasteiger partial charge in [0.15, 0.2) is 16.9 Å². The Bertz CT molecular complexity index is 3410. The molecule has 0 unspecified atom stereocenters. The van der Waals surface area contributed by atoms with Crippen molar-refractivity contribution in [2.45, 2.75) is 122 Å². The number of rotatable bonds is 20. The van der Waals surface area contributed by atoms with Gasteiger partial charge in [-0.25, -0.2) is 34.7 Å². The Kier molecular flexibility index (Phi) is 20.3. The first-order valence-electron chi connectivity index (χ1n) is 28.5. The van der Waals surface area contributed by atoms with E-state index in [4.69, 9.17) is 42.2 Å². The van der Waals surface area contributed by atoms with Gasteiger partial charge in [-0.15, -0.1) is 20.4 Å². The van der Waals surface area contributed by atoms with Crippen LogP contribution in [-0.4, -0.2) is 199 Å². The van der Waals surface area contributed by atoms with Crippen LogP contribution in [0.15, 0.2) is 71.5 Å². The predicted molar refractivity (Wildman–Crippen MR) is 318 cm³/mol. The van der Waals surface area contributed by atoms with Crippen LogP contribution >= 0.6 is 0 Å². The molecule has 0 aliphatic carbocycles. The number of piperidine rings is 3.